The van der Waals surface area contributed by atoms with Gasteiger partial charge in [0.1, 0.15) is 0 Å². The summed E-state index contributed by atoms with van der Waals surface area (Å²) in [4.78, 5) is 5.07. The van der Waals surface area contributed by atoms with Crippen molar-refractivity contribution in [2.75, 3.05) is 44.2 Å². The van der Waals surface area contributed by atoms with Crippen LogP contribution in [0.2, 0.25) is 0 Å². The van der Waals surface area contributed by atoms with Gasteiger partial charge in [0.15, 0.2) is 0 Å². The third-order valence-electron chi connectivity index (χ3n) is 5.23. The van der Waals surface area contributed by atoms with Crippen LogP contribution >= 0.6 is 0 Å². The highest BCUT2D eigenvalue weighted by Gasteiger charge is 2.17. The van der Waals surface area contributed by atoms with Crippen molar-refractivity contribution in [2.45, 2.75) is 24.7 Å². The minimum atomic E-state index is -3.51. The first kappa shape index (κ1) is 21.3. The summed E-state index contributed by atoms with van der Waals surface area (Å²) in [5.41, 5.74) is 3.03. The lowest BCUT2D eigenvalue weighted by Crippen LogP contribution is -2.46. The smallest absolute Gasteiger partial charge is 0.240 e. The minimum absolute atomic E-state index is 0.198. The number of piperazine rings is 1. The Morgan fingerprint density at radius 3 is 2.41 bits per heavy atom. The number of hydrogen-bond donors (Lipinski definition) is 1. The summed E-state index contributed by atoms with van der Waals surface area (Å²) in [6.45, 7) is 7.64. The number of rotatable bonds is 8. The first-order chi connectivity index (χ1) is 14.0. The number of aryl methyl sites for hydroxylation is 1. The molecule has 0 aromatic heterocycles. The molecule has 0 saturated carbocycles. The van der Waals surface area contributed by atoms with Gasteiger partial charge in [0, 0.05) is 38.4 Å². The van der Waals surface area contributed by atoms with Crippen molar-refractivity contribution in [3.05, 3.63) is 59.7 Å². The van der Waals surface area contributed by atoms with Crippen molar-refractivity contribution >= 4 is 15.7 Å². The Morgan fingerprint density at radius 2 is 1.76 bits per heavy atom. The lowest BCUT2D eigenvalue weighted by Gasteiger charge is -2.36. The van der Waals surface area contributed by atoms with Gasteiger partial charge in [0.2, 0.25) is 10.0 Å². The Balaban J connectivity index is 1.35. The highest BCUT2D eigenvalue weighted by molar-refractivity contribution is 7.89. The van der Waals surface area contributed by atoms with E-state index < -0.39 is 10.0 Å². The van der Waals surface area contributed by atoms with Crippen molar-refractivity contribution < 1.29 is 8.42 Å². The van der Waals surface area contributed by atoms with Gasteiger partial charge in [0.05, 0.1) is 16.5 Å². The van der Waals surface area contributed by atoms with E-state index in [1.54, 1.807) is 0 Å². The fourth-order valence-corrected chi connectivity index (χ4v) is 4.59. The molecular weight excluding hydrogens is 384 g/mol. The number of benzene rings is 2. The van der Waals surface area contributed by atoms with E-state index >= 15 is 0 Å². The highest BCUT2D eigenvalue weighted by atomic mass is 32.2. The molecule has 0 bridgehead atoms. The summed E-state index contributed by atoms with van der Waals surface area (Å²) in [7, 11) is -3.51. The van der Waals surface area contributed by atoms with Gasteiger partial charge >= 0.3 is 0 Å². The molecule has 29 heavy (non-hydrogen) atoms. The van der Waals surface area contributed by atoms with E-state index in [9.17, 15) is 8.42 Å². The van der Waals surface area contributed by atoms with Gasteiger partial charge in [-0.3, -0.25) is 4.90 Å². The van der Waals surface area contributed by atoms with E-state index in [1.165, 1.54) is 35.5 Å². The molecular formula is C22H28N4O2S. The van der Waals surface area contributed by atoms with Crippen LogP contribution in [0.1, 0.15) is 24.0 Å². The molecule has 0 spiro atoms. The van der Waals surface area contributed by atoms with Gasteiger partial charge in [-0.25, -0.2) is 13.1 Å². The lowest BCUT2D eigenvalue weighted by molar-refractivity contribution is 0.253. The van der Waals surface area contributed by atoms with E-state index in [-0.39, 0.29) is 4.90 Å². The van der Waals surface area contributed by atoms with E-state index in [0.717, 1.165) is 45.6 Å². The Hall–Kier alpha value is -2.40. The molecule has 1 aliphatic heterocycles. The number of hydrogen-bond acceptors (Lipinski definition) is 5. The molecule has 1 N–H and O–H groups in total. The Labute approximate surface area is 173 Å². The van der Waals surface area contributed by atoms with E-state index in [4.69, 9.17) is 5.26 Å². The zero-order chi connectivity index (χ0) is 20.7. The van der Waals surface area contributed by atoms with Crippen LogP contribution in [0.15, 0.2) is 53.4 Å². The Morgan fingerprint density at radius 1 is 1.03 bits per heavy atom. The summed E-state index contributed by atoms with van der Waals surface area (Å²) in [5, 5.41) is 8.80. The quantitative estimate of drug-likeness (QED) is 0.675. The number of unbranched alkanes of at least 4 members (excludes halogenated alkanes) is 1. The van der Waals surface area contributed by atoms with Gasteiger partial charge in [-0.15, -0.1) is 0 Å². The fourth-order valence-electron chi connectivity index (χ4n) is 3.51. The molecule has 0 aliphatic carbocycles. The third-order valence-corrected chi connectivity index (χ3v) is 6.70. The third kappa shape index (κ3) is 6.04. The second kappa shape index (κ2) is 9.88. The molecule has 0 amide bonds. The number of nitrogens with zero attached hydrogens (tertiary/aromatic N) is 3. The van der Waals surface area contributed by atoms with Gasteiger partial charge in [-0.05, 0) is 68.3 Å². The molecule has 0 radical (unpaired) electrons. The van der Waals surface area contributed by atoms with Crippen molar-refractivity contribution in [1.29, 1.82) is 5.26 Å². The molecule has 154 valence electrons. The molecule has 6 nitrogen and oxygen atoms in total. The zero-order valence-corrected chi connectivity index (χ0v) is 17.7. The van der Waals surface area contributed by atoms with Crippen molar-refractivity contribution in [1.82, 2.24) is 9.62 Å². The van der Waals surface area contributed by atoms with Crippen molar-refractivity contribution in [2.24, 2.45) is 0 Å². The van der Waals surface area contributed by atoms with Crippen LogP contribution in [0, 0.1) is 18.3 Å². The molecule has 2 aromatic carbocycles. The summed E-state index contributed by atoms with van der Waals surface area (Å²) < 4.78 is 27.2. The predicted octanol–water partition coefficient (Wildman–Crippen LogP) is 2.75. The molecule has 1 fully saturated rings. The number of anilines is 1. The standard InChI is InChI=1S/C22H28N4O2S/c1-19-5-4-6-21(17-19)26-15-13-25(14-16-26)12-3-2-11-24-29(27,28)22-9-7-20(18-23)8-10-22/h4-10,17,24H,2-3,11-16H2,1H3. The summed E-state index contributed by atoms with van der Waals surface area (Å²) in [6.07, 6.45) is 1.76. The summed E-state index contributed by atoms with van der Waals surface area (Å²) >= 11 is 0. The zero-order valence-electron chi connectivity index (χ0n) is 16.8. The second-order valence-corrected chi connectivity index (χ2v) is 9.18. The first-order valence-corrected chi connectivity index (χ1v) is 11.5. The van der Waals surface area contributed by atoms with Gasteiger partial charge in [-0.1, -0.05) is 12.1 Å². The van der Waals surface area contributed by atoms with Gasteiger partial charge in [-0.2, -0.15) is 5.26 Å². The van der Waals surface area contributed by atoms with E-state index in [2.05, 4.69) is 45.7 Å². The average molecular weight is 413 g/mol. The maximum Gasteiger partial charge on any atom is 0.240 e. The van der Waals surface area contributed by atoms with Crippen LogP contribution in [-0.2, 0) is 10.0 Å². The largest absolute Gasteiger partial charge is 0.369 e. The number of nitrogens with one attached hydrogen (secondary N) is 1. The van der Waals surface area contributed by atoms with Crippen LogP contribution < -0.4 is 9.62 Å². The SMILES string of the molecule is Cc1cccc(N2CCN(CCCCNS(=O)(=O)c3ccc(C#N)cc3)CC2)c1. The average Bonchev–Trinajstić information content (AvgIpc) is 2.74. The predicted molar refractivity (Wildman–Crippen MR) is 115 cm³/mol. The molecule has 1 heterocycles. The van der Waals surface area contributed by atoms with E-state index in [1.807, 2.05) is 6.07 Å². The first-order valence-electron chi connectivity index (χ1n) is 10.0. The topological polar surface area (TPSA) is 76.4 Å². The summed E-state index contributed by atoms with van der Waals surface area (Å²) in [6, 6.07) is 16.6. The number of nitriles is 1. The minimum Gasteiger partial charge on any atom is -0.369 e. The molecule has 0 unspecified atom stereocenters. The molecule has 1 aliphatic rings. The monoisotopic (exact) mass is 412 g/mol. The van der Waals surface area contributed by atoms with Gasteiger partial charge < -0.3 is 4.90 Å². The van der Waals surface area contributed by atoms with Crippen LogP contribution in [0.5, 0.6) is 0 Å². The van der Waals surface area contributed by atoms with Crippen LogP contribution in [0.4, 0.5) is 5.69 Å². The maximum absolute atomic E-state index is 12.3. The Bertz CT molecular complexity index is 944. The number of sulfonamides is 1. The molecule has 1 saturated heterocycles. The molecule has 7 heteroatoms. The van der Waals surface area contributed by atoms with E-state index in [0.29, 0.717) is 12.1 Å². The van der Waals surface area contributed by atoms with Crippen LogP contribution in [-0.4, -0.2) is 52.6 Å². The molecule has 0 atom stereocenters. The fraction of sp³-hybridized carbons (Fsp3) is 0.409. The molecule has 2 aromatic rings. The van der Waals surface area contributed by atoms with Gasteiger partial charge in [0.25, 0.3) is 0 Å². The van der Waals surface area contributed by atoms with Crippen LogP contribution in [0.25, 0.3) is 0 Å². The second-order valence-electron chi connectivity index (χ2n) is 7.41. The molecule has 3 rings (SSSR count). The van der Waals surface area contributed by atoms with Crippen molar-refractivity contribution in [3.8, 4) is 6.07 Å². The maximum atomic E-state index is 12.3. The summed E-state index contributed by atoms with van der Waals surface area (Å²) in [5.74, 6) is 0. The van der Waals surface area contributed by atoms with Crippen molar-refractivity contribution in [3.63, 3.8) is 0 Å². The normalized spacial score (nSPS) is 15.2. The Kier molecular flexibility index (Phi) is 7.26. The highest BCUT2D eigenvalue weighted by Crippen LogP contribution is 2.18. The lowest BCUT2D eigenvalue weighted by atomic mass is 10.2. The van der Waals surface area contributed by atoms with Crippen LogP contribution in [0.3, 0.4) is 0 Å².